The Balaban J connectivity index is 1.46. The van der Waals surface area contributed by atoms with Crippen molar-refractivity contribution >= 4 is 21.8 Å². The van der Waals surface area contributed by atoms with Gasteiger partial charge >= 0.3 is 0 Å². The number of hydrazine groups is 1. The van der Waals surface area contributed by atoms with Gasteiger partial charge in [0.1, 0.15) is 11.9 Å². The number of hydrogen-bond donors (Lipinski definition) is 3. The van der Waals surface area contributed by atoms with Gasteiger partial charge in [-0.15, -0.1) is 0 Å². The van der Waals surface area contributed by atoms with Crippen LogP contribution in [0, 0.1) is 5.82 Å². The molecule has 2 unspecified atom stereocenters. The molecule has 1 aliphatic heterocycles. The quantitative estimate of drug-likeness (QED) is 0.733. The van der Waals surface area contributed by atoms with Crippen LogP contribution in [0.1, 0.15) is 18.0 Å². The zero-order chi connectivity index (χ0) is 16.2. The van der Waals surface area contributed by atoms with E-state index in [9.17, 15) is 9.18 Å². The minimum absolute atomic E-state index is 0.00609. The van der Waals surface area contributed by atoms with E-state index in [1.54, 1.807) is 23.0 Å². The molecule has 1 aliphatic rings. The molecule has 1 amide bonds. The second-order valence-electron chi connectivity index (χ2n) is 5.39. The van der Waals surface area contributed by atoms with Crippen molar-refractivity contribution in [1.82, 2.24) is 25.9 Å². The molecular formula is C15H17BrFN5O. The van der Waals surface area contributed by atoms with Crippen LogP contribution in [-0.4, -0.2) is 28.3 Å². The second kappa shape index (κ2) is 7.20. The number of aromatic nitrogens is 2. The van der Waals surface area contributed by atoms with E-state index in [2.05, 4.69) is 37.2 Å². The Labute approximate surface area is 141 Å². The lowest BCUT2D eigenvalue weighted by atomic mass is 10.0. The number of amides is 1. The highest BCUT2D eigenvalue weighted by Gasteiger charge is 2.29. The molecule has 1 fully saturated rings. The van der Waals surface area contributed by atoms with Crippen molar-refractivity contribution in [1.29, 1.82) is 0 Å². The first-order valence-electron chi connectivity index (χ1n) is 7.34. The van der Waals surface area contributed by atoms with Gasteiger partial charge in [0.05, 0.1) is 17.2 Å². The Morgan fingerprint density at radius 1 is 1.39 bits per heavy atom. The van der Waals surface area contributed by atoms with E-state index in [0.717, 1.165) is 10.0 Å². The van der Waals surface area contributed by atoms with Crippen molar-refractivity contribution in [2.75, 3.05) is 6.54 Å². The first-order valence-corrected chi connectivity index (χ1v) is 8.13. The maximum absolute atomic E-state index is 12.9. The van der Waals surface area contributed by atoms with Crippen LogP contribution in [0.4, 0.5) is 4.39 Å². The zero-order valence-corrected chi connectivity index (χ0v) is 13.9. The molecule has 2 heterocycles. The van der Waals surface area contributed by atoms with Gasteiger partial charge in [-0.1, -0.05) is 12.1 Å². The predicted octanol–water partition coefficient (Wildman–Crippen LogP) is 1.51. The largest absolute Gasteiger partial charge is 0.353 e. The highest BCUT2D eigenvalue weighted by atomic mass is 79.9. The van der Waals surface area contributed by atoms with Gasteiger partial charge in [0, 0.05) is 18.8 Å². The Morgan fingerprint density at radius 2 is 2.17 bits per heavy atom. The minimum atomic E-state index is -0.311. The van der Waals surface area contributed by atoms with E-state index >= 15 is 0 Å². The minimum Gasteiger partial charge on any atom is -0.353 e. The molecule has 0 radical (unpaired) electrons. The molecule has 2 atom stereocenters. The van der Waals surface area contributed by atoms with Gasteiger partial charge in [0.25, 0.3) is 0 Å². The van der Waals surface area contributed by atoms with Gasteiger partial charge in [-0.3, -0.25) is 9.48 Å². The highest BCUT2D eigenvalue weighted by Crippen LogP contribution is 2.22. The summed E-state index contributed by atoms with van der Waals surface area (Å²) < 4.78 is 15.6. The fourth-order valence-corrected chi connectivity index (χ4v) is 2.85. The number of halogens is 2. The number of rotatable bonds is 5. The molecule has 122 valence electrons. The van der Waals surface area contributed by atoms with Crippen LogP contribution in [0.15, 0.2) is 41.1 Å². The summed E-state index contributed by atoms with van der Waals surface area (Å²) in [5.74, 6) is -0.326. The highest BCUT2D eigenvalue weighted by molar-refractivity contribution is 9.10. The molecule has 6 nitrogen and oxygen atoms in total. The third kappa shape index (κ3) is 4.15. The lowest BCUT2D eigenvalue weighted by molar-refractivity contribution is -0.122. The van der Waals surface area contributed by atoms with Crippen molar-refractivity contribution in [2.45, 2.75) is 25.0 Å². The van der Waals surface area contributed by atoms with Crippen LogP contribution in [0.25, 0.3) is 0 Å². The number of nitrogens with zero attached hydrogens (tertiary/aromatic N) is 2. The van der Waals surface area contributed by atoms with Crippen molar-refractivity contribution in [3.05, 3.63) is 52.5 Å². The number of nitrogens with one attached hydrogen (secondary N) is 3. The molecule has 0 spiro atoms. The average Bonchev–Trinajstić information content (AvgIpc) is 3.17. The van der Waals surface area contributed by atoms with Gasteiger partial charge in [0.2, 0.25) is 5.91 Å². The third-order valence-electron chi connectivity index (χ3n) is 3.73. The first kappa shape index (κ1) is 16.1. The molecular weight excluding hydrogens is 365 g/mol. The fourth-order valence-electron chi connectivity index (χ4n) is 2.52. The van der Waals surface area contributed by atoms with Crippen molar-refractivity contribution < 1.29 is 9.18 Å². The Bertz CT molecular complexity index is 675. The molecule has 1 aromatic heterocycles. The van der Waals surface area contributed by atoms with Crippen LogP contribution < -0.4 is 16.2 Å². The molecule has 23 heavy (non-hydrogen) atoms. The van der Waals surface area contributed by atoms with Crippen LogP contribution >= 0.6 is 15.9 Å². The van der Waals surface area contributed by atoms with Gasteiger partial charge in [-0.05, 0) is 40.0 Å². The van der Waals surface area contributed by atoms with E-state index in [4.69, 9.17) is 0 Å². The zero-order valence-electron chi connectivity index (χ0n) is 12.3. The molecule has 0 saturated carbocycles. The standard InChI is InChI=1S/C15H17BrFN5O/c16-11-8-19-22(9-11)6-5-18-15(23)14-7-13(20-21-14)10-1-3-12(17)4-2-10/h1-4,8-9,13-14,20-21H,5-7H2,(H,18,23). The number of hydrogen-bond acceptors (Lipinski definition) is 4. The van der Waals surface area contributed by atoms with Gasteiger partial charge < -0.3 is 5.32 Å². The van der Waals surface area contributed by atoms with Crippen LogP contribution in [-0.2, 0) is 11.3 Å². The Hall–Kier alpha value is -1.77. The molecule has 0 aliphatic carbocycles. The summed E-state index contributed by atoms with van der Waals surface area (Å²) in [6.07, 6.45) is 4.18. The molecule has 3 rings (SSSR count). The van der Waals surface area contributed by atoms with Crippen LogP contribution in [0.5, 0.6) is 0 Å². The summed E-state index contributed by atoms with van der Waals surface area (Å²) in [6, 6.07) is 5.98. The topological polar surface area (TPSA) is 71.0 Å². The molecule has 1 aromatic carbocycles. The van der Waals surface area contributed by atoms with E-state index in [1.807, 2.05) is 6.20 Å². The van der Waals surface area contributed by atoms with Crippen molar-refractivity contribution in [2.24, 2.45) is 0 Å². The van der Waals surface area contributed by atoms with Gasteiger partial charge in [0.15, 0.2) is 0 Å². The number of benzene rings is 1. The maximum atomic E-state index is 12.9. The van der Waals surface area contributed by atoms with Crippen molar-refractivity contribution in [3.8, 4) is 0 Å². The van der Waals surface area contributed by atoms with E-state index in [1.165, 1.54) is 12.1 Å². The molecule has 1 saturated heterocycles. The third-order valence-corrected chi connectivity index (χ3v) is 4.14. The van der Waals surface area contributed by atoms with Crippen LogP contribution in [0.2, 0.25) is 0 Å². The van der Waals surface area contributed by atoms with E-state index < -0.39 is 0 Å². The van der Waals surface area contributed by atoms with Gasteiger partial charge in [-0.25, -0.2) is 15.2 Å². The first-order chi connectivity index (χ1) is 11.1. The predicted molar refractivity (Wildman–Crippen MR) is 86.8 cm³/mol. The Morgan fingerprint density at radius 3 is 2.87 bits per heavy atom. The van der Waals surface area contributed by atoms with E-state index in [0.29, 0.717) is 19.5 Å². The number of carbonyl (C=O) groups excluding carboxylic acids is 1. The van der Waals surface area contributed by atoms with Crippen molar-refractivity contribution in [3.63, 3.8) is 0 Å². The SMILES string of the molecule is O=C(NCCn1cc(Br)cn1)C1CC(c2ccc(F)cc2)NN1. The maximum Gasteiger partial charge on any atom is 0.238 e. The summed E-state index contributed by atoms with van der Waals surface area (Å²) in [5.41, 5.74) is 7.02. The summed E-state index contributed by atoms with van der Waals surface area (Å²) >= 11 is 3.33. The van der Waals surface area contributed by atoms with Crippen LogP contribution in [0.3, 0.4) is 0 Å². The monoisotopic (exact) mass is 381 g/mol. The molecule has 3 N–H and O–H groups in total. The van der Waals surface area contributed by atoms with E-state index in [-0.39, 0.29) is 23.8 Å². The number of carbonyl (C=O) groups is 1. The second-order valence-corrected chi connectivity index (χ2v) is 6.31. The Kier molecular flexibility index (Phi) is 5.04. The summed E-state index contributed by atoms with van der Waals surface area (Å²) in [5, 5.41) is 7.01. The smallest absolute Gasteiger partial charge is 0.238 e. The normalized spacial score (nSPS) is 20.6. The molecule has 0 bridgehead atoms. The summed E-state index contributed by atoms with van der Waals surface area (Å²) in [7, 11) is 0. The van der Waals surface area contributed by atoms with Gasteiger partial charge in [-0.2, -0.15) is 5.10 Å². The lowest BCUT2D eigenvalue weighted by Gasteiger charge is -2.11. The average molecular weight is 382 g/mol. The molecule has 8 heteroatoms. The summed E-state index contributed by atoms with van der Waals surface area (Å²) in [4.78, 5) is 12.2. The fraction of sp³-hybridized carbons (Fsp3) is 0.333. The molecule has 2 aromatic rings. The lowest BCUT2D eigenvalue weighted by Crippen LogP contribution is -2.44. The summed E-state index contributed by atoms with van der Waals surface area (Å²) in [6.45, 7) is 1.12.